The van der Waals surface area contributed by atoms with Crippen molar-refractivity contribution in [2.24, 2.45) is 0 Å². The Hall–Kier alpha value is -4.11. The van der Waals surface area contributed by atoms with E-state index in [1.165, 1.54) is 6.92 Å². The predicted octanol–water partition coefficient (Wildman–Crippen LogP) is 4.37. The third-order valence-corrected chi connectivity index (χ3v) is 4.77. The first-order valence-electron chi connectivity index (χ1n) is 9.79. The van der Waals surface area contributed by atoms with Gasteiger partial charge in [0.1, 0.15) is 12.4 Å². The molecule has 6 heteroatoms. The van der Waals surface area contributed by atoms with Crippen LogP contribution in [-0.2, 0) is 17.9 Å². The molecular weight excluding hydrogens is 390 g/mol. The van der Waals surface area contributed by atoms with E-state index < -0.39 is 0 Å². The first kappa shape index (κ1) is 21.6. The molecule has 0 aliphatic heterocycles. The topological polar surface area (TPSA) is 82.4 Å². The van der Waals surface area contributed by atoms with E-state index in [-0.39, 0.29) is 18.4 Å². The Morgan fingerprint density at radius 1 is 1.03 bits per heavy atom. The summed E-state index contributed by atoms with van der Waals surface area (Å²) >= 11 is 0. The zero-order valence-electron chi connectivity index (χ0n) is 17.5. The van der Waals surface area contributed by atoms with Crippen molar-refractivity contribution in [2.45, 2.75) is 20.1 Å². The van der Waals surface area contributed by atoms with Crippen LogP contribution in [0.25, 0.3) is 0 Å². The van der Waals surface area contributed by atoms with Crippen molar-refractivity contribution < 1.29 is 14.3 Å². The van der Waals surface area contributed by atoms with E-state index in [0.29, 0.717) is 29.1 Å². The summed E-state index contributed by atoms with van der Waals surface area (Å²) in [6.07, 6.45) is 0. The maximum absolute atomic E-state index is 12.7. The standard InChI is InChI=1S/C25H23N3O3/c1-18(29)28(2)16-19-7-5-11-23(13-19)27-25(30)20-10-6-12-24(14-20)31-17-22-9-4-3-8-21(22)15-26/h3-14H,16-17H2,1-2H3,(H,27,30). The van der Waals surface area contributed by atoms with Crippen molar-refractivity contribution in [1.29, 1.82) is 5.26 Å². The van der Waals surface area contributed by atoms with Crippen molar-refractivity contribution in [2.75, 3.05) is 12.4 Å². The first-order valence-corrected chi connectivity index (χ1v) is 9.79. The summed E-state index contributed by atoms with van der Waals surface area (Å²) in [6, 6.07) is 23.7. The van der Waals surface area contributed by atoms with Crippen LogP contribution >= 0.6 is 0 Å². The average molecular weight is 413 g/mol. The van der Waals surface area contributed by atoms with Crippen molar-refractivity contribution >= 4 is 17.5 Å². The van der Waals surface area contributed by atoms with Gasteiger partial charge in [-0.1, -0.05) is 36.4 Å². The Bertz CT molecular complexity index is 1130. The molecule has 0 saturated heterocycles. The van der Waals surface area contributed by atoms with Gasteiger partial charge in [0.15, 0.2) is 0 Å². The number of hydrogen-bond donors (Lipinski definition) is 1. The molecule has 0 radical (unpaired) electrons. The van der Waals surface area contributed by atoms with Gasteiger partial charge in [0, 0.05) is 37.3 Å². The highest BCUT2D eigenvalue weighted by Crippen LogP contribution is 2.19. The summed E-state index contributed by atoms with van der Waals surface area (Å²) in [5.41, 5.74) is 3.37. The highest BCUT2D eigenvalue weighted by molar-refractivity contribution is 6.04. The molecule has 0 spiro atoms. The van der Waals surface area contributed by atoms with Gasteiger partial charge < -0.3 is 15.0 Å². The number of hydrogen-bond acceptors (Lipinski definition) is 4. The molecule has 6 nitrogen and oxygen atoms in total. The van der Waals surface area contributed by atoms with E-state index in [9.17, 15) is 14.9 Å². The van der Waals surface area contributed by atoms with Crippen molar-refractivity contribution in [3.05, 3.63) is 95.1 Å². The summed E-state index contributed by atoms with van der Waals surface area (Å²) < 4.78 is 5.79. The Kier molecular flexibility index (Phi) is 7.02. The lowest BCUT2D eigenvalue weighted by molar-refractivity contribution is -0.128. The molecule has 0 saturated carbocycles. The summed E-state index contributed by atoms with van der Waals surface area (Å²) in [4.78, 5) is 25.7. The van der Waals surface area contributed by atoms with E-state index in [2.05, 4.69) is 11.4 Å². The van der Waals surface area contributed by atoms with Crippen LogP contribution in [0, 0.1) is 11.3 Å². The fraction of sp³-hybridized carbons (Fsp3) is 0.160. The number of benzene rings is 3. The Morgan fingerprint density at radius 3 is 2.58 bits per heavy atom. The second-order valence-corrected chi connectivity index (χ2v) is 7.12. The maximum atomic E-state index is 12.7. The van der Waals surface area contributed by atoms with Gasteiger partial charge >= 0.3 is 0 Å². The Morgan fingerprint density at radius 2 is 1.81 bits per heavy atom. The molecule has 0 fully saturated rings. The van der Waals surface area contributed by atoms with E-state index in [1.54, 1.807) is 54.4 Å². The molecule has 0 aliphatic rings. The highest BCUT2D eigenvalue weighted by atomic mass is 16.5. The molecule has 0 aromatic heterocycles. The van der Waals surface area contributed by atoms with Gasteiger partial charge in [0.25, 0.3) is 5.91 Å². The van der Waals surface area contributed by atoms with Gasteiger partial charge in [-0.25, -0.2) is 0 Å². The number of nitrogens with zero attached hydrogens (tertiary/aromatic N) is 2. The molecule has 0 aliphatic carbocycles. The van der Waals surface area contributed by atoms with Gasteiger partial charge in [0.05, 0.1) is 11.6 Å². The van der Waals surface area contributed by atoms with Crippen LogP contribution in [0.1, 0.15) is 34.0 Å². The summed E-state index contributed by atoms with van der Waals surface area (Å²) in [7, 11) is 1.73. The minimum Gasteiger partial charge on any atom is -0.489 e. The SMILES string of the molecule is CC(=O)N(C)Cc1cccc(NC(=O)c2cccc(OCc3ccccc3C#N)c2)c1. The molecule has 31 heavy (non-hydrogen) atoms. The number of carbonyl (C=O) groups excluding carboxylic acids is 2. The highest BCUT2D eigenvalue weighted by Gasteiger charge is 2.10. The molecule has 0 heterocycles. The monoisotopic (exact) mass is 413 g/mol. The number of ether oxygens (including phenoxy) is 1. The van der Waals surface area contributed by atoms with Crippen LogP contribution in [0.5, 0.6) is 5.75 Å². The molecule has 156 valence electrons. The van der Waals surface area contributed by atoms with Crippen LogP contribution in [0.15, 0.2) is 72.8 Å². The van der Waals surface area contributed by atoms with E-state index in [4.69, 9.17) is 4.74 Å². The van der Waals surface area contributed by atoms with Crippen LogP contribution in [0.4, 0.5) is 5.69 Å². The fourth-order valence-electron chi connectivity index (χ4n) is 2.98. The number of nitrogens with one attached hydrogen (secondary N) is 1. The van der Waals surface area contributed by atoms with Gasteiger partial charge in [0.2, 0.25) is 5.91 Å². The molecule has 2 amide bonds. The van der Waals surface area contributed by atoms with E-state index >= 15 is 0 Å². The molecule has 0 bridgehead atoms. The van der Waals surface area contributed by atoms with Crippen molar-refractivity contribution in [3.63, 3.8) is 0 Å². The zero-order valence-corrected chi connectivity index (χ0v) is 17.5. The third-order valence-electron chi connectivity index (χ3n) is 4.77. The lowest BCUT2D eigenvalue weighted by Gasteiger charge is -2.15. The van der Waals surface area contributed by atoms with Gasteiger partial charge in [-0.05, 0) is 42.0 Å². The minimum atomic E-state index is -0.264. The minimum absolute atomic E-state index is 0.0244. The molecular formula is C25H23N3O3. The molecule has 3 rings (SSSR count). The number of anilines is 1. The summed E-state index contributed by atoms with van der Waals surface area (Å²) in [5, 5.41) is 12.1. The smallest absolute Gasteiger partial charge is 0.255 e. The van der Waals surface area contributed by atoms with Gasteiger partial charge in [-0.3, -0.25) is 9.59 Å². The third kappa shape index (κ3) is 5.94. The Labute approximate surface area is 181 Å². The van der Waals surface area contributed by atoms with Gasteiger partial charge in [-0.2, -0.15) is 5.26 Å². The van der Waals surface area contributed by atoms with E-state index in [1.807, 2.05) is 30.3 Å². The maximum Gasteiger partial charge on any atom is 0.255 e. The van der Waals surface area contributed by atoms with Crippen LogP contribution in [-0.4, -0.2) is 23.8 Å². The summed E-state index contributed by atoms with van der Waals surface area (Å²) in [6.45, 7) is 2.21. The second-order valence-electron chi connectivity index (χ2n) is 7.12. The lowest BCUT2D eigenvalue weighted by atomic mass is 10.1. The predicted molar refractivity (Wildman–Crippen MR) is 118 cm³/mol. The normalized spacial score (nSPS) is 10.1. The molecule has 0 unspecified atom stereocenters. The van der Waals surface area contributed by atoms with Crippen LogP contribution in [0.2, 0.25) is 0 Å². The first-order chi connectivity index (χ1) is 15.0. The van der Waals surface area contributed by atoms with Gasteiger partial charge in [-0.15, -0.1) is 0 Å². The lowest BCUT2D eigenvalue weighted by Crippen LogP contribution is -2.23. The van der Waals surface area contributed by atoms with Crippen molar-refractivity contribution in [1.82, 2.24) is 4.90 Å². The number of rotatable bonds is 7. The number of carbonyl (C=O) groups is 2. The second kappa shape index (κ2) is 10.1. The molecule has 1 N–H and O–H groups in total. The number of amides is 2. The fourth-order valence-corrected chi connectivity index (χ4v) is 2.98. The average Bonchev–Trinajstić information content (AvgIpc) is 2.78. The van der Waals surface area contributed by atoms with Crippen LogP contribution < -0.4 is 10.1 Å². The molecule has 0 atom stereocenters. The summed E-state index contributed by atoms with van der Waals surface area (Å²) in [5.74, 6) is 0.251. The molecule has 3 aromatic rings. The number of nitriles is 1. The zero-order chi connectivity index (χ0) is 22.2. The largest absolute Gasteiger partial charge is 0.489 e. The van der Waals surface area contributed by atoms with Crippen LogP contribution in [0.3, 0.4) is 0 Å². The van der Waals surface area contributed by atoms with Crippen molar-refractivity contribution in [3.8, 4) is 11.8 Å². The Balaban J connectivity index is 1.66. The molecule has 3 aromatic carbocycles. The van der Waals surface area contributed by atoms with E-state index in [0.717, 1.165) is 11.1 Å². The quantitative estimate of drug-likeness (QED) is 0.624.